The zero-order valence-corrected chi connectivity index (χ0v) is 8.63. The van der Waals surface area contributed by atoms with Crippen LogP contribution in [-0.4, -0.2) is 18.1 Å². The van der Waals surface area contributed by atoms with Crippen LogP contribution >= 0.6 is 15.9 Å². The molecule has 7 heteroatoms. The highest BCUT2D eigenvalue weighted by Gasteiger charge is 2.15. The molecule has 5 nitrogen and oxygen atoms in total. The van der Waals surface area contributed by atoms with Crippen LogP contribution in [0, 0.1) is 0 Å². The summed E-state index contributed by atoms with van der Waals surface area (Å²) in [7, 11) is -4.34. The van der Waals surface area contributed by atoms with Crippen LogP contribution in [0.5, 0.6) is 5.75 Å². The van der Waals surface area contributed by atoms with Gasteiger partial charge in [0.05, 0.1) is 10.2 Å². The summed E-state index contributed by atoms with van der Waals surface area (Å²) in [6.07, 6.45) is 0. The lowest BCUT2D eigenvalue weighted by molar-refractivity contribution is 0.470. The summed E-state index contributed by atoms with van der Waals surface area (Å²) in [6, 6.07) is 2.06. The summed E-state index contributed by atoms with van der Waals surface area (Å²) in [5.74, 6) is -0.190. The molecule has 0 saturated heterocycles. The molecule has 0 aliphatic rings. The first-order valence-corrected chi connectivity index (χ1v) is 5.31. The number of phenolic OH excluding ortho intramolecular Hbond substituents is 1. The van der Waals surface area contributed by atoms with Crippen LogP contribution in [-0.2, 0) is 10.1 Å². The van der Waals surface area contributed by atoms with Crippen molar-refractivity contribution < 1.29 is 18.1 Å². The maximum atomic E-state index is 10.7. The number of anilines is 1. The van der Waals surface area contributed by atoms with Gasteiger partial charge < -0.3 is 10.8 Å². The molecule has 0 fully saturated rings. The van der Waals surface area contributed by atoms with Crippen molar-refractivity contribution in [3.05, 3.63) is 16.6 Å². The molecular weight excluding hydrogens is 262 g/mol. The Hall–Kier alpha value is -0.790. The van der Waals surface area contributed by atoms with Gasteiger partial charge >= 0.3 is 0 Å². The second kappa shape index (κ2) is 3.17. The van der Waals surface area contributed by atoms with E-state index in [2.05, 4.69) is 15.9 Å². The molecule has 72 valence electrons. The van der Waals surface area contributed by atoms with Gasteiger partial charge in [0.25, 0.3) is 10.1 Å². The molecule has 13 heavy (non-hydrogen) atoms. The van der Waals surface area contributed by atoms with E-state index in [1.165, 1.54) is 0 Å². The molecule has 1 aromatic carbocycles. The van der Waals surface area contributed by atoms with Gasteiger partial charge in [0.1, 0.15) is 10.6 Å². The highest BCUT2D eigenvalue weighted by molar-refractivity contribution is 9.10. The zero-order chi connectivity index (χ0) is 10.2. The van der Waals surface area contributed by atoms with Gasteiger partial charge in [-0.25, -0.2) is 0 Å². The Balaban J connectivity index is 3.50. The predicted molar refractivity (Wildman–Crippen MR) is 50.0 cm³/mol. The highest BCUT2D eigenvalue weighted by atomic mass is 79.9. The summed E-state index contributed by atoms with van der Waals surface area (Å²) in [4.78, 5) is -0.433. The lowest BCUT2D eigenvalue weighted by Gasteiger charge is -2.04. The van der Waals surface area contributed by atoms with Gasteiger partial charge in [0, 0.05) is 6.07 Å². The molecule has 0 atom stereocenters. The molecule has 0 aliphatic heterocycles. The fourth-order valence-corrected chi connectivity index (χ4v) is 1.90. The monoisotopic (exact) mass is 267 g/mol. The molecule has 0 amide bonds. The van der Waals surface area contributed by atoms with E-state index in [4.69, 9.17) is 15.4 Å². The molecule has 0 aromatic heterocycles. The van der Waals surface area contributed by atoms with Crippen molar-refractivity contribution in [1.29, 1.82) is 0 Å². The topological polar surface area (TPSA) is 101 Å². The number of rotatable bonds is 1. The summed E-state index contributed by atoms with van der Waals surface area (Å²) in [5.41, 5.74) is 5.05. The summed E-state index contributed by atoms with van der Waals surface area (Å²) >= 11 is 2.89. The Bertz CT molecular complexity index is 442. The van der Waals surface area contributed by atoms with Crippen LogP contribution in [0.1, 0.15) is 0 Å². The number of nitrogen functional groups attached to an aromatic ring is 1. The van der Waals surface area contributed by atoms with Crippen molar-refractivity contribution in [1.82, 2.24) is 0 Å². The summed E-state index contributed by atoms with van der Waals surface area (Å²) < 4.78 is 30.2. The van der Waals surface area contributed by atoms with Gasteiger partial charge in [-0.3, -0.25) is 4.55 Å². The van der Waals surface area contributed by atoms with Gasteiger partial charge in [0.2, 0.25) is 0 Å². The van der Waals surface area contributed by atoms with Gasteiger partial charge in [0.15, 0.2) is 0 Å². The molecule has 0 bridgehead atoms. The molecule has 0 unspecified atom stereocenters. The zero-order valence-electron chi connectivity index (χ0n) is 6.23. The average molecular weight is 268 g/mol. The molecule has 1 rings (SSSR count). The van der Waals surface area contributed by atoms with Crippen LogP contribution < -0.4 is 5.73 Å². The second-order valence-corrected chi connectivity index (χ2v) is 4.56. The number of hydrogen-bond donors (Lipinski definition) is 3. The number of phenols is 1. The third-order valence-electron chi connectivity index (χ3n) is 1.36. The van der Waals surface area contributed by atoms with E-state index in [1.54, 1.807) is 0 Å². The van der Waals surface area contributed by atoms with Crippen molar-refractivity contribution in [2.75, 3.05) is 5.73 Å². The van der Waals surface area contributed by atoms with Gasteiger partial charge in [-0.1, -0.05) is 0 Å². The standard InChI is InChI=1S/C6H6BrNO4S/c7-3-1-6(13(10,11)12)4(8)2-5(3)9/h1-2,9H,8H2,(H,10,11,12). The summed E-state index contributed by atoms with van der Waals surface area (Å²) in [5, 5.41) is 9.09. The fraction of sp³-hybridized carbons (Fsp3) is 0. The molecule has 1 aromatic rings. The fourth-order valence-electron chi connectivity index (χ4n) is 0.783. The quantitative estimate of drug-likeness (QED) is 0.520. The minimum Gasteiger partial charge on any atom is -0.507 e. The second-order valence-electron chi connectivity index (χ2n) is 2.32. The SMILES string of the molecule is Nc1cc(O)c(Br)cc1S(=O)(=O)O. The first-order chi connectivity index (χ1) is 5.82. The molecule has 0 saturated carbocycles. The lowest BCUT2D eigenvalue weighted by atomic mass is 10.3. The van der Waals surface area contributed by atoms with Crippen LogP contribution in [0.4, 0.5) is 5.69 Å². The van der Waals surface area contributed by atoms with E-state index in [1.807, 2.05) is 0 Å². The first-order valence-electron chi connectivity index (χ1n) is 3.08. The van der Waals surface area contributed by atoms with Crippen LogP contribution in [0.15, 0.2) is 21.5 Å². The average Bonchev–Trinajstić information content (AvgIpc) is 1.94. The van der Waals surface area contributed by atoms with Crippen LogP contribution in [0.25, 0.3) is 0 Å². The number of aromatic hydroxyl groups is 1. The molecule has 0 radical (unpaired) electrons. The Morgan fingerprint density at radius 3 is 2.38 bits per heavy atom. The van der Waals surface area contributed by atoms with Crippen molar-refractivity contribution in [3.63, 3.8) is 0 Å². The minimum absolute atomic E-state index is 0.148. The van der Waals surface area contributed by atoms with Crippen molar-refractivity contribution in [2.24, 2.45) is 0 Å². The number of halogens is 1. The van der Waals surface area contributed by atoms with E-state index >= 15 is 0 Å². The van der Waals surface area contributed by atoms with Gasteiger partial charge in [-0.2, -0.15) is 8.42 Å². The van der Waals surface area contributed by atoms with Crippen LogP contribution in [0.3, 0.4) is 0 Å². The van der Waals surface area contributed by atoms with Crippen molar-refractivity contribution in [2.45, 2.75) is 4.90 Å². The number of nitrogens with two attached hydrogens (primary N) is 1. The molecule has 4 N–H and O–H groups in total. The minimum atomic E-state index is -4.34. The normalized spacial score (nSPS) is 11.5. The largest absolute Gasteiger partial charge is 0.507 e. The molecule has 0 heterocycles. The van der Waals surface area contributed by atoms with E-state index in [9.17, 15) is 8.42 Å². The van der Waals surface area contributed by atoms with E-state index in [0.717, 1.165) is 12.1 Å². The Kier molecular flexibility index (Phi) is 2.51. The first kappa shape index (κ1) is 10.3. The Labute approximate surface area is 83.1 Å². The van der Waals surface area contributed by atoms with Gasteiger partial charge in [-0.15, -0.1) is 0 Å². The van der Waals surface area contributed by atoms with Crippen molar-refractivity contribution >= 4 is 31.7 Å². The van der Waals surface area contributed by atoms with E-state index < -0.39 is 15.0 Å². The van der Waals surface area contributed by atoms with E-state index in [-0.39, 0.29) is 15.9 Å². The molecular formula is C6H6BrNO4S. The van der Waals surface area contributed by atoms with Crippen molar-refractivity contribution in [3.8, 4) is 5.75 Å². The van der Waals surface area contributed by atoms with E-state index in [0.29, 0.717) is 0 Å². The third-order valence-corrected chi connectivity index (χ3v) is 2.90. The maximum Gasteiger partial charge on any atom is 0.296 e. The predicted octanol–water partition coefficient (Wildman–Crippen LogP) is 0.984. The Morgan fingerprint density at radius 2 is 1.92 bits per heavy atom. The highest BCUT2D eigenvalue weighted by Crippen LogP contribution is 2.31. The lowest BCUT2D eigenvalue weighted by Crippen LogP contribution is -2.02. The Morgan fingerprint density at radius 1 is 1.38 bits per heavy atom. The smallest absolute Gasteiger partial charge is 0.296 e. The number of hydrogen-bond acceptors (Lipinski definition) is 4. The summed E-state index contributed by atoms with van der Waals surface area (Å²) in [6.45, 7) is 0. The number of benzene rings is 1. The third kappa shape index (κ3) is 2.11. The molecule has 0 spiro atoms. The van der Waals surface area contributed by atoms with Gasteiger partial charge in [-0.05, 0) is 22.0 Å². The molecule has 0 aliphatic carbocycles. The van der Waals surface area contributed by atoms with Crippen LogP contribution in [0.2, 0.25) is 0 Å². The maximum absolute atomic E-state index is 10.7.